The normalized spacial score (nSPS) is 20.5. The van der Waals surface area contributed by atoms with Crippen LogP contribution in [0.15, 0.2) is 29.6 Å². The minimum Gasteiger partial charge on any atom is -0.385 e. The van der Waals surface area contributed by atoms with Crippen LogP contribution in [0, 0.1) is 0 Å². The van der Waals surface area contributed by atoms with Crippen molar-refractivity contribution in [1.29, 1.82) is 0 Å². The van der Waals surface area contributed by atoms with Crippen LogP contribution in [0.25, 0.3) is 0 Å². The third kappa shape index (κ3) is 2.60. The van der Waals surface area contributed by atoms with Crippen molar-refractivity contribution >= 4 is 17.0 Å². The molecular weight excluding hydrogens is 276 g/mol. The maximum absolute atomic E-state index is 3.80. The van der Waals surface area contributed by atoms with E-state index in [0.29, 0.717) is 6.04 Å². The molecule has 1 atom stereocenters. The molecule has 2 nitrogen and oxygen atoms in total. The number of thiophene rings is 1. The van der Waals surface area contributed by atoms with Crippen LogP contribution in [0.1, 0.15) is 46.9 Å². The zero-order chi connectivity index (χ0) is 14.1. The second kappa shape index (κ2) is 5.82. The molecule has 1 aromatic heterocycles. The van der Waals surface area contributed by atoms with Gasteiger partial charge in [0.2, 0.25) is 0 Å². The predicted molar refractivity (Wildman–Crippen MR) is 90.1 cm³/mol. The number of hydrogen-bond donors (Lipinski definition) is 2. The molecule has 1 unspecified atom stereocenters. The predicted octanol–water partition coefficient (Wildman–Crippen LogP) is 4.27. The van der Waals surface area contributed by atoms with Crippen molar-refractivity contribution in [3.05, 3.63) is 51.2 Å². The lowest BCUT2D eigenvalue weighted by molar-refractivity contribution is 0.463. The zero-order valence-electron chi connectivity index (χ0n) is 12.3. The molecule has 2 aliphatic rings. The van der Waals surface area contributed by atoms with Crippen LogP contribution in [0.3, 0.4) is 0 Å². The molecule has 2 aromatic rings. The average molecular weight is 298 g/mol. The summed E-state index contributed by atoms with van der Waals surface area (Å²) in [5, 5.41) is 9.64. The van der Waals surface area contributed by atoms with Crippen LogP contribution in [0.4, 0.5) is 5.69 Å². The highest BCUT2D eigenvalue weighted by Crippen LogP contribution is 2.34. The van der Waals surface area contributed by atoms with Crippen LogP contribution < -0.4 is 10.6 Å². The van der Waals surface area contributed by atoms with Gasteiger partial charge in [-0.1, -0.05) is 18.2 Å². The fraction of sp³-hybridized carbons (Fsp3) is 0.444. The topological polar surface area (TPSA) is 24.1 Å². The van der Waals surface area contributed by atoms with Gasteiger partial charge in [-0.05, 0) is 60.2 Å². The van der Waals surface area contributed by atoms with E-state index in [9.17, 15) is 0 Å². The molecule has 4 rings (SSSR count). The minimum absolute atomic E-state index is 0.541. The van der Waals surface area contributed by atoms with Gasteiger partial charge in [0.25, 0.3) is 0 Å². The third-order valence-electron chi connectivity index (χ3n) is 4.75. The first-order chi connectivity index (χ1) is 10.4. The van der Waals surface area contributed by atoms with Gasteiger partial charge in [0.1, 0.15) is 0 Å². The summed E-state index contributed by atoms with van der Waals surface area (Å²) in [5.41, 5.74) is 5.84. The summed E-state index contributed by atoms with van der Waals surface area (Å²) in [6.45, 7) is 2.08. The van der Waals surface area contributed by atoms with Crippen molar-refractivity contribution < 1.29 is 0 Å². The van der Waals surface area contributed by atoms with Gasteiger partial charge in [0, 0.05) is 29.7 Å². The molecule has 0 spiro atoms. The van der Waals surface area contributed by atoms with Crippen LogP contribution >= 0.6 is 11.3 Å². The van der Waals surface area contributed by atoms with Crippen molar-refractivity contribution in [2.75, 3.05) is 11.9 Å². The maximum atomic E-state index is 3.80. The molecule has 0 saturated carbocycles. The molecule has 21 heavy (non-hydrogen) atoms. The lowest BCUT2D eigenvalue weighted by atomic mass is 9.93. The van der Waals surface area contributed by atoms with Crippen molar-refractivity contribution in [1.82, 2.24) is 5.32 Å². The molecule has 0 bridgehead atoms. The molecule has 1 aliphatic heterocycles. The molecule has 110 valence electrons. The number of rotatable bonds is 3. The number of nitrogens with one attached hydrogen (secondary N) is 2. The van der Waals surface area contributed by atoms with Crippen LogP contribution in [0.5, 0.6) is 0 Å². The van der Waals surface area contributed by atoms with E-state index in [1.54, 1.807) is 10.4 Å². The summed E-state index contributed by atoms with van der Waals surface area (Å²) in [4.78, 5) is 1.59. The summed E-state index contributed by atoms with van der Waals surface area (Å²) in [5.74, 6) is 0. The number of aryl methyl sites for hydroxylation is 2. The highest BCUT2D eigenvalue weighted by atomic mass is 32.1. The van der Waals surface area contributed by atoms with Gasteiger partial charge in [0.05, 0.1) is 0 Å². The first-order valence-electron chi connectivity index (χ1n) is 8.06. The first kappa shape index (κ1) is 13.4. The molecule has 2 N–H and O–H groups in total. The molecule has 1 aromatic carbocycles. The van der Waals surface area contributed by atoms with E-state index in [1.165, 1.54) is 48.9 Å². The van der Waals surface area contributed by atoms with Gasteiger partial charge in [0.15, 0.2) is 0 Å². The van der Waals surface area contributed by atoms with Crippen LogP contribution in [-0.2, 0) is 19.4 Å². The van der Waals surface area contributed by atoms with E-state index in [4.69, 9.17) is 0 Å². The Hall–Kier alpha value is -1.32. The minimum atomic E-state index is 0.541. The Bertz CT molecular complexity index is 632. The van der Waals surface area contributed by atoms with E-state index >= 15 is 0 Å². The molecular formula is C18H22N2S. The summed E-state index contributed by atoms with van der Waals surface area (Å²) >= 11 is 1.92. The Morgan fingerprint density at radius 2 is 2.19 bits per heavy atom. The van der Waals surface area contributed by atoms with E-state index in [1.807, 2.05) is 11.3 Å². The van der Waals surface area contributed by atoms with E-state index in [-0.39, 0.29) is 0 Å². The second-order valence-electron chi connectivity index (χ2n) is 6.11. The summed E-state index contributed by atoms with van der Waals surface area (Å²) in [7, 11) is 0. The lowest BCUT2D eigenvalue weighted by Crippen LogP contribution is -2.25. The molecule has 0 fully saturated rings. The first-order valence-corrected chi connectivity index (χ1v) is 8.94. The number of hydrogen-bond acceptors (Lipinski definition) is 3. The fourth-order valence-electron chi connectivity index (χ4n) is 3.66. The van der Waals surface area contributed by atoms with Crippen molar-refractivity contribution in [2.24, 2.45) is 0 Å². The smallest absolute Gasteiger partial charge is 0.0418 e. The number of benzene rings is 1. The van der Waals surface area contributed by atoms with Gasteiger partial charge < -0.3 is 10.6 Å². The van der Waals surface area contributed by atoms with Crippen LogP contribution in [-0.4, -0.2) is 6.54 Å². The SMILES string of the molecule is c1cc2c(c(CNC3CCCc4sccc43)c1)NCCC2. The molecule has 3 heteroatoms. The summed E-state index contributed by atoms with van der Waals surface area (Å²) < 4.78 is 0. The molecule has 2 heterocycles. The van der Waals surface area contributed by atoms with Gasteiger partial charge in [-0.2, -0.15) is 0 Å². The Morgan fingerprint density at radius 1 is 1.19 bits per heavy atom. The highest BCUT2D eigenvalue weighted by Gasteiger charge is 2.21. The largest absolute Gasteiger partial charge is 0.385 e. The Morgan fingerprint density at radius 3 is 3.19 bits per heavy atom. The third-order valence-corrected chi connectivity index (χ3v) is 5.75. The molecule has 0 saturated heterocycles. The lowest BCUT2D eigenvalue weighted by Gasteiger charge is -2.26. The van der Waals surface area contributed by atoms with E-state index in [0.717, 1.165) is 13.1 Å². The van der Waals surface area contributed by atoms with Gasteiger partial charge >= 0.3 is 0 Å². The number of fused-ring (bicyclic) bond motifs is 2. The Kier molecular flexibility index (Phi) is 3.70. The second-order valence-corrected chi connectivity index (χ2v) is 7.11. The molecule has 0 amide bonds. The quantitative estimate of drug-likeness (QED) is 0.884. The Balaban J connectivity index is 1.51. The molecule has 1 aliphatic carbocycles. The van der Waals surface area contributed by atoms with Crippen molar-refractivity contribution in [3.63, 3.8) is 0 Å². The number of anilines is 1. The van der Waals surface area contributed by atoms with Crippen molar-refractivity contribution in [2.45, 2.75) is 44.7 Å². The number of para-hydroxylation sites is 1. The zero-order valence-corrected chi connectivity index (χ0v) is 13.1. The molecule has 0 radical (unpaired) electrons. The van der Waals surface area contributed by atoms with Crippen LogP contribution in [0.2, 0.25) is 0 Å². The highest BCUT2D eigenvalue weighted by molar-refractivity contribution is 7.10. The van der Waals surface area contributed by atoms with E-state index < -0.39 is 0 Å². The maximum Gasteiger partial charge on any atom is 0.0418 e. The van der Waals surface area contributed by atoms with Gasteiger partial charge in [-0.3, -0.25) is 0 Å². The van der Waals surface area contributed by atoms with Crippen molar-refractivity contribution in [3.8, 4) is 0 Å². The van der Waals surface area contributed by atoms with Gasteiger partial charge in [-0.25, -0.2) is 0 Å². The Labute approximate surface area is 130 Å². The summed E-state index contributed by atoms with van der Waals surface area (Å²) in [6, 6.07) is 9.60. The fourth-order valence-corrected chi connectivity index (χ4v) is 4.65. The van der Waals surface area contributed by atoms with Gasteiger partial charge in [-0.15, -0.1) is 11.3 Å². The summed E-state index contributed by atoms with van der Waals surface area (Å²) in [6.07, 6.45) is 6.33. The standard InChI is InChI=1S/C18H22N2S/c1-4-13-6-3-10-19-18(13)14(5-1)12-20-16-7-2-8-17-15(16)9-11-21-17/h1,4-5,9,11,16,19-20H,2-3,6-8,10,12H2. The average Bonchev–Trinajstić information content (AvgIpc) is 3.02. The monoisotopic (exact) mass is 298 g/mol. The van der Waals surface area contributed by atoms with E-state index in [2.05, 4.69) is 40.3 Å².